The fourth-order valence-corrected chi connectivity index (χ4v) is 1.22. The molecule has 0 bridgehead atoms. The van der Waals surface area contributed by atoms with Gasteiger partial charge in [0, 0.05) is 13.1 Å². The van der Waals surface area contributed by atoms with E-state index in [0.29, 0.717) is 17.1 Å². The van der Waals surface area contributed by atoms with Gasteiger partial charge in [0.05, 0.1) is 6.04 Å². The summed E-state index contributed by atoms with van der Waals surface area (Å²) in [4.78, 5) is 17.6. The van der Waals surface area contributed by atoms with E-state index in [2.05, 4.69) is 39.4 Å². The molecule has 0 aliphatic carbocycles. The van der Waals surface area contributed by atoms with Crippen LogP contribution in [0.25, 0.3) is 0 Å². The molecule has 1 aromatic heterocycles. The van der Waals surface area contributed by atoms with E-state index in [4.69, 9.17) is 4.84 Å². The smallest absolute Gasteiger partial charge is 0.345 e. The maximum absolute atomic E-state index is 9.58. The number of hydrogen-bond donors (Lipinski definition) is 3. The third-order valence-electron chi connectivity index (χ3n) is 2.30. The molecule has 0 aliphatic heterocycles. The molecule has 1 heterocycles. The van der Waals surface area contributed by atoms with Crippen LogP contribution in [0.15, 0.2) is 0 Å². The van der Waals surface area contributed by atoms with Gasteiger partial charge in [-0.3, -0.25) is 5.21 Å². The number of anilines is 2. The molecule has 0 unspecified atom stereocenters. The van der Waals surface area contributed by atoms with Gasteiger partial charge in [-0.1, -0.05) is 13.8 Å². The van der Waals surface area contributed by atoms with Crippen LogP contribution in [0.3, 0.4) is 0 Å². The SMILES string of the molecule is CCCNc1nc(NCCC)nc(ON(O)C(C)C)n1. The highest BCUT2D eigenvalue weighted by Gasteiger charge is 2.13. The van der Waals surface area contributed by atoms with E-state index in [0.717, 1.165) is 25.9 Å². The van der Waals surface area contributed by atoms with E-state index < -0.39 is 0 Å². The Morgan fingerprint density at radius 2 is 1.55 bits per heavy atom. The first-order valence-electron chi connectivity index (χ1n) is 6.96. The molecule has 8 nitrogen and oxygen atoms in total. The Balaban J connectivity index is 2.84. The van der Waals surface area contributed by atoms with Crippen molar-refractivity contribution in [2.75, 3.05) is 23.7 Å². The van der Waals surface area contributed by atoms with E-state index in [9.17, 15) is 5.21 Å². The normalized spacial score (nSPS) is 10.9. The molecule has 20 heavy (non-hydrogen) atoms. The summed E-state index contributed by atoms with van der Waals surface area (Å²) in [7, 11) is 0. The van der Waals surface area contributed by atoms with Crippen molar-refractivity contribution in [3.8, 4) is 6.01 Å². The molecule has 0 radical (unpaired) electrons. The van der Waals surface area contributed by atoms with Gasteiger partial charge in [-0.15, -0.1) is 0 Å². The Morgan fingerprint density at radius 1 is 1.05 bits per heavy atom. The highest BCUT2D eigenvalue weighted by atomic mass is 16.9. The topological polar surface area (TPSA) is 95.4 Å². The average molecular weight is 284 g/mol. The zero-order chi connectivity index (χ0) is 15.0. The minimum absolute atomic E-state index is 0.0495. The van der Waals surface area contributed by atoms with Crippen LogP contribution in [-0.2, 0) is 0 Å². The van der Waals surface area contributed by atoms with Crippen LogP contribution in [-0.4, -0.2) is 44.5 Å². The first kappa shape index (κ1) is 16.4. The summed E-state index contributed by atoms with van der Waals surface area (Å²) in [6, 6.07) is -0.153. The van der Waals surface area contributed by atoms with E-state index in [-0.39, 0.29) is 12.1 Å². The van der Waals surface area contributed by atoms with Crippen molar-refractivity contribution in [3.63, 3.8) is 0 Å². The summed E-state index contributed by atoms with van der Waals surface area (Å²) in [5.74, 6) is 0.847. The molecule has 0 saturated carbocycles. The summed E-state index contributed by atoms with van der Waals surface area (Å²) >= 11 is 0. The van der Waals surface area contributed by atoms with E-state index in [1.54, 1.807) is 13.8 Å². The molecule has 0 saturated heterocycles. The number of aromatic nitrogens is 3. The molecule has 3 N–H and O–H groups in total. The lowest BCUT2D eigenvalue weighted by molar-refractivity contribution is -0.304. The van der Waals surface area contributed by atoms with Crippen LogP contribution >= 0.6 is 0 Å². The van der Waals surface area contributed by atoms with Crippen LogP contribution in [0.5, 0.6) is 6.01 Å². The van der Waals surface area contributed by atoms with Crippen LogP contribution in [0.1, 0.15) is 40.5 Å². The van der Waals surface area contributed by atoms with Crippen molar-refractivity contribution in [2.45, 2.75) is 46.6 Å². The lowest BCUT2D eigenvalue weighted by atomic mass is 10.4. The van der Waals surface area contributed by atoms with Gasteiger partial charge in [0.25, 0.3) is 0 Å². The van der Waals surface area contributed by atoms with Crippen LogP contribution in [0.4, 0.5) is 11.9 Å². The van der Waals surface area contributed by atoms with E-state index >= 15 is 0 Å². The second-order valence-corrected chi connectivity index (χ2v) is 4.61. The standard InChI is InChI=1S/C12H24N6O2/c1-5-7-13-10-15-11(14-8-6-2)17-12(16-10)20-18(19)9(3)4/h9,19H,5-8H2,1-4H3,(H2,13,14,15,16,17). The van der Waals surface area contributed by atoms with Gasteiger partial charge >= 0.3 is 6.01 Å². The number of nitrogens with one attached hydrogen (secondary N) is 2. The molecule has 0 atom stereocenters. The van der Waals surface area contributed by atoms with Gasteiger partial charge in [-0.05, 0) is 31.9 Å². The number of rotatable bonds is 9. The third kappa shape index (κ3) is 5.54. The Morgan fingerprint density at radius 3 is 1.95 bits per heavy atom. The van der Waals surface area contributed by atoms with Crippen LogP contribution < -0.4 is 15.5 Å². The van der Waals surface area contributed by atoms with Gasteiger partial charge < -0.3 is 15.5 Å². The highest BCUT2D eigenvalue weighted by molar-refractivity contribution is 5.35. The molecule has 1 rings (SSSR count). The Labute approximate surface area is 119 Å². The Kier molecular flexibility index (Phi) is 6.96. The summed E-state index contributed by atoms with van der Waals surface area (Å²) in [5, 5.41) is 16.4. The minimum Gasteiger partial charge on any atom is -0.354 e. The van der Waals surface area contributed by atoms with Crippen LogP contribution in [0, 0.1) is 0 Å². The number of nitrogens with zero attached hydrogens (tertiary/aromatic N) is 4. The molecule has 0 spiro atoms. The Bertz CT molecular complexity index is 375. The molecule has 0 aromatic carbocycles. The zero-order valence-electron chi connectivity index (χ0n) is 12.6. The van der Waals surface area contributed by atoms with Crippen molar-refractivity contribution >= 4 is 11.9 Å². The molecule has 0 fully saturated rings. The minimum atomic E-state index is -0.203. The molecule has 1 aromatic rings. The largest absolute Gasteiger partial charge is 0.354 e. The van der Waals surface area contributed by atoms with E-state index in [1.807, 2.05) is 0 Å². The first-order valence-corrected chi connectivity index (χ1v) is 6.96. The fourth-order valence-electron chi connectivity index (χ4n) is 1.22. The summed E-state index contributed by atoms with van der Waals surface area (Å²) in [5.41, 5.74) is 0. The van der Waals surface area contributed by atoms with Crippen molar-refractivity contribution in [1.82, 2.24) is 20.2 Å². The van der Waals surface area contributed by atoms with Crippen molar-refractivity contribution in [2.24, 2.45) is 0 Å². The Hall–Kier alpha value is -1.67. The first-order chi connectivity index (χ1) is 9.56. The monoisotopic (exact) mass is 284 g/mol. The zero-order valence-corrected chi connectivity index (χ0v) is 12.6. The van der Waals surface area contributed by atoms with E-state index in [1.165, 1.54) is 0 Å². The van der Waals surface area contributed by atoms with Gasteiger partial charge in [-0.2, -0.15) is 15.0 Å². The average Bonchev–Trinajstić information content (AvgIpc) is 2.42. The molecular weight excluding hydrogens is 260 g/mol. The van der Waals surface area contributed by atoms with Crippen molar-refractivity contribution in [3.05, 3.63) is 0 Å². The highest BCUT2D eigenvalue weighted by Crippen LogP contribution is 2.12. The maximum Gasteiger partial charge on any atom is 0.345 e. The quantitative estimate of drug-likeness (QED) is 0.592. The molecule has 0 amide bonds. The second-order valence-electron chi connectivity index (χ2n) is 4.61. The van der Waals surface area contributed by atoms with Gasteiger partial charge in [0.2, 0.25) is 11.9 Å². The fraction of sp³-hybridized carbons (Fsp3) is 0.750. The summed E-state index contributed by atoms with van der Waals surface area (Å²) < 4.78 is 0. The maximum atomic E-state index is 9.58. The molecule has 114 valence electrons. The lowest BCUT2D eigenvalue weighted by Crippen LogP contribution is -2.31. The molecule has 0 aliphatic rings. The second kappa shape index (κ2) is 8.49. The van der Waals surface area contributed by atoms with Gasteiger partial charge in [0.1, 0.15) is 0 Å². The third-order valence-corrected chi connectivity index (χ3v) is 2.30. The predicted molar refractivity (Wildman–Crippen MR) is 76.8 cm³/mol. The van der Waals surface area contributed by atoms with Gasteiger partial charge in [0.15, 0.2) is 0 Å². The number of hydrogen-bond acceptors (Lipinski definition) is 8. The lowest BCUT2D eigenvalue weighted by Gasteiger charge is -2.17. The van der Waals surface area contributed by atoms with Crippen molar-refractivity contribution in [1.29, 1.82) is 0 Å². The molecule has 8 heteroatoms. The molecular formula is C12H24N6O2. The summed E-state index contributed by atoms with van der Waals surface area (Å²) in [6.45, 7) is 9.18. The van der Waals surface area contributed by atoms with Crippen molar-refractivity contribution < 1.29 is 10.0 Å². The predicted octanol–water partition coefficient (Wildman–Crippen LogP) is 1.91. The summed E-state index contributed by atoms with van der Waals surface area (Å²) in [6.07, 6.45) is 1.91. The van der Waals surface area contributed by atoms with Crippen LogP contribution in [0.2, 0.25) is 0 Å². The number of hydroxylamine groups is 2. The van der Waals surface area contributed by atoms with Gasteiger partial charge in [-0.25, -0.2) is 0 Å².